The Kier molecular flexibility index (Phi) is 5.71. The molecule has 0 aliphatic heterocycles. The molecule has 148 valence electrons. The first-order chi connectivity index (χ1) is 14.2. The number of para-hydroxylation sites is 1. The zero-order chi connectivity index (χ0) is 20.2. The van der Waals surface area contributed by atoms with Gasteiger partial charge in [-0.1, -0.05) is 43.8 Å². The van der Waals surface area contributed by atoms with E-state index in [2.05, 4.69) is 62.0 Å². The van der Waals surface area contributed by atoms with Crippen LogP contribution >= 0.6 is 11.8 Å². The zero-order valence-corrected chi connectivity index (χ0v) is 17.5. The summed E-state index contributed by atoms with van der Waals surface area (Å²) in [6, 6.07) is 10.4. The highest BCUT2D eigenvalue weighted by atomic mass is 32.2. The lowest BCUT2D eigenvalue weighted by atomic mass is 10.0. The number of hydrogen-bond acceptors (Lipinski definition) is 7. The number of pyridine rings is 1. The molecule has 0 bridgehead atoms. The summed E-state index contributed by atoms with van der Waals surface area (Å²) in [5, 5.41) is 17.8. The molecule has 3 heterocycles. The van der Waals surface area contributed by atoms with Gasteiger partial charge in [0.1, 0.15) is 0 Å². The van der Waals surface area contributed by atoms with E-state index in [-0.39, 0.29) is 0 Å². The fourth-order valence-corrected chi connectivity index (χ4v) is 4.05. The van der Waals surface area contributed by atoms with Crippen molar-refractivity contribution in [1.29, 1.82) is 0 Å². The van der Waals surface area contributed by atoms with Crippen molar-refractivity contribution in [2.75, 3.05) is 0 Å². The Morgan fingerprint density at radius 2 is 1.76 bits per heavy atom. The zero-order valence-electron chi connectivity index (χ0n) is 16.7. The molecule has 29 heavy (non-hydrogen) atoms. The molecule has 1 aromatic carbocycles. The molecular weight excluding hydrogens is 384 g/mol. The predicted molar refractivity (Wildman–Crippen MR) is 112 cm³/mol. The van der Waals surface area contributed by atoms with Crippen LogP contribution in [0.1, 0.15) is 36.8 Å². The average molecular weight is 407 g/mol. The molecule has 7 nitrogen and oxygen atoms in total. The van der Waals surface area contributed by atoms with Gasteiger partial charge in [-0.05, 0) is 36.1 Å². The van der Waals surface area contributed by atoms with Gasteiger partial charge in [0.2, 0.25) is 11.8 Å². The molecule has 0 atom stereocenters. The summed E-state index contributed by atoms with van der Waals surface area (Å²) in [4.78, 5) is 4.27. The smallest absolute Gasteiger partial charge is 0.226 e. The minimum atomic E-state index is 0.530. The molecule has 0 aliphatic rings. The van der Waals surface area contributed by atoms with Crippen molar-refractivity contribution < 1.29 is 4.42 Å². The van der Waals surface area contributed by atoms with E-state index < -0.39 is 0 Å². The first-order valence-electron chi connectivity index (χ1n) is 9.60. The number of benzene rings is 1. The van der Waals surface area contributed by atoms with Crippen molar-refractivity contribution >= 4 is 11.8 Å². The van der Waals surface area contributed by atoms with Crippen molar-refractivity contribution in [3.8, 4) is 17.1 Å². The molecule has 4 aromatic rings. The van der Waals surface area contributed by atoms with Crippen molar-refractivity contribution in [1.82, 2.24) is 29.9 Å². The van der Waals surface area contributed by atoms with Gasteiger partial charge in [-0.2, -0.15) is 0 Å². The number of rotatable bonds is 7. The van der Waals surface area contributed by atoms with Crippen LogP contribution in [0.25, 0.3) is 17.1 Å². The summed E-state index contributed by atoms with van der Waals surface area (Å²) in [6.45, 7) is 6.12. The van der Waals surface area contributed by atoms with Gasteiger partial charge in [0.15, 0.2) is 11.0 Å². The van der Waals surface area contributed by atoms with Crippen molar-refractivity contribution in [3.05, 3.63) is 65.6 Å². The molecule has 0 fully saturated rings. The molecule has 0 unspecified atom stereocenters. The minimum Gasteiger partial charge on any atom is -0.425 e. The van der Waals surface area contributed by atoms with E-state index in [1.165, 1.54) is 22.9 Å². The van der Waals surface area contributed by atoms with Crippen LogP contribution in [0.5, 0.6) is 0 Å². The molecule has 0 saturated carbocycles. The van der Waals surface area contributed by atoms with E-state index in [4.69, 9.17) is 4.42 Å². The molecule has 0 spiro atoms. The molecule has 0 saturated heterocycles. The van der Waals surface area contributed by atoms with E-state index in [0.717, 1.165) is 35.1 Å². The Balaban J connectivity index is 1.85. The van der Waals surface area contributed by atoms with Crippen molar-refractivity contribution in [3.63, 3.8) is 0 Å². The molecule has 3 aromatic heterocycles. The lowest BCUT2D eigenvalue weighted by molar-refractivity contribution is 0.485. The highest BCUT2D eigenvalue weighted by Gasteiger charge is 2.21. The fraction of sp³-hybridized carbons (Fsp3) is 0.286. The summed E-state index contributed by atoms with van der Waals surface area (Å²) in [5.41, 5.74) is 4.58. The third-order valence-corrected chi connectivity index (χ3v) is 5.55. The van der Waals surface area contributed by atoms with Crippen LogP contribution in [0.4, 0.5) is 0 Å². The second-order valence-corrected chi connectivity index (χ2v) is 7.46. The van der Waals surface area contributed by atoms with E-state index in [1.807, 2.05) is 18.3 Å². The molecule has 0 amide bonds. The maximum atomic E-state index is 5.52. The van der Waals surface area contributed by atoms with Gasteiger partial charge in [-0.15, -0.1) is 20.4 Å². The topological polar surface area (TPSA) is 82.5 Å². The van der Waals surface area contributed by atoms with Crippen LogP contribution in [-0.2, 0) is 18.6 Å². The molecule has 0 N–H and O–H groups in total. The van der Waals surface area contributed by atoms with Gasteiger partial charge in [0.05, 0.1) is 11.4 Å². The van der Waals surface area contributed by atoms with E-state index in [1.54, 1.807) is 13.1 Å². The van der Waals surface area contributed by atoms with E-state index >= 15 is 0 Å². The largest absolute Gasteiger partial charge is 0.425 e. The lowest BCUT2D eigenvalue weighted by Gasteiger charge is -2.17. The molecular formula is C21H22N6OS. The standard InChI is InChI=1S/C21H22N6OS/c1-4-15-8-6-9-16(5-2)19(15)27-20(17-10-7-11-22-12-17)25-26-21(27)29-13-18-24-23-14(3)28-18/h6-12H,4-5,13H2,1-3H3. The third kappa shape index (κ3) is 3.93. The van der Waals surface area contributed by atoms with Gasteiger partial charge in [0.25, 0.3) is 0 Å². The number of hydrogen-bond donors (Lipinski definition) is 0. The third-order valence-electron chi connectivity index (χ3n) is 4.63. The molecule has 4 rings (SSSR count). The van der Waals surface area contributed by atoms with E-state index in [9.17, 15) is 0 Å². The maximum Gasteiger partial charge on any atom is 0.226 e. The quantitative estimate of drug-likeness (QED) is 0.420. The average Bonchev–Trinajstić information content (AvgIpc) is 3.37. The lowest BCUT2D eigenvalue weighted by Crippen LogP contribution is -2.07. The summed E-state index contributed by atoms with van der Waals surface area (Å²) in [5.74, 6) is 2.44. The summed E-state index contributed by atoms with van der Waals surface area (Å²) >= 11 is 1.53. The number of aromatic nitrogens is 6. The van der Waals surface area contributed by atoms with Gasteiger partial charge in [0, 0.05) is 24.9 Å². The van der Waals surface area contributed by atoms with Gasteiger partial charge in [-0.25, -0.2) is 0 Å². The molecule has 0 aliphatic carbocycles. The second kappa shape index (κ2) is 8.57. The first kappa shape index (κ1) is 19.3. The minimum absolute atomic E-state index is 0.530. The summed E-state index contributed by atoms with van der Waals surface area (Å²) in [6.07, 6.45) is 5.41. The monoisotopic (exact) mass is 406 g/mol. The second-order valence-electron chi connectivity index (χ2n) is 6.52. The Labute approximate surface area is 173 Å². The van der Waals surface area contributed by atoms with Crippen molar-refractivity contribution in [2.45, 2.75) is 44.5 Å². The van der Waals surface area contributed by atoms with Crippen LogP contribution in [0.2, 0.25) is 0 Å². The van der Waals surface area contributed by atoms with Crippen LogP contribution < -0.4 is 0 Å². The molecule has 0 radical (unpaired) electrons. The SMILES string of the molecule is CCc1cccc(CC)c1-n1c(SCc2nnc(C)o2)nnc1-c1cccnc1. The summed E-state index contributed by atoms with van der Waals surface area (Å²) in [7, 11) is 0. The van der Waals surface area contributed by atoms with Crippen LogP contribution in [0.15, 0.2) is 52.3 Å². The Hall–Kier alpha value is -3.00. The van der Waals surface area contributed by atoms with Crippen LogP contribution in [0.3, 0.4) is 0 Å². The Morgan fingerprint density at radius 3 is 2.38 bits per heavy atom. The van der Waals surface area contributed by atoms with Gasteiger partial charge in [-0.3, -0.25) is 9.55 Å². The van der Waals surface area contributed by atoms with E-state index in [0.29, 0.717) is 17.5 Å². The first-order valence-corrected chi connectivity index (χ1v) is 10.6. The number of nitrogens with zero attached hydrogens (tertiary/aromatic N) is 6. The summed E-state index contributed by atoms with van der Waals surface area (Å²) < 4.78 is 7.66. The maximum absolute atomic E-state index is 5.52. The fourth-order valence-electron chi connectivity index (χ4n) is 3.27. The van der Waals surface area contributed by atoms with Crippen molar-refractivity contribution in [2.24, 2.45) is 0 Å². The predicted octanol–water partition coefficient (Wildman–Crippen LogP) is 4.44. The number of thioether (sulfide) groups is 1. The normalized spacial score (nSPS) is 11.1. The Morgan fingerprint density at radius 1 is 0.966 bits per heavy atom. The van der Waals surface area contributed by atoms with Gasteiger partial charge < -0.3 is 4.42 Å². The number of aryl methyl sites for hydroxylation is 3. The highest BCUT2D eigenvalue weighted by molar-refractivity contribution is 7.98. The van der Waals surface area contributed by atoms with Gasteiger partial charge >= 0.3 is 0 Å². The highest BCUT2D eigenvalue weighted by Crippen LogP contribution is 2.33. The van der Waals surface area contributed by atoms with Crippen LogP contribution in [0, 0.1) is 6.92 Å². The van der Waals surface area contributed by atoms with Crippen LogP contribution in [-0.4, -0.2) is 29.9 Å². The Bertz CT molecular complexity index is 1080. The molecule has 8 heteroatoms.